The molecule has 0 bridgehead atoms. The number of carbonyl (C=O) groups is 1. The van der Waals surface area contributed by atoms with Gasteiger partial charge in [-0.2, -0.15) is 5.10 Å². The van der Waals surface area contributed by atoms with E-state index in [1.165, 1.54) is 0 Å². The van der Waals surface area contributed by atoms with Crippen LogP contribution in [0.5, 0.6) is 0 Å². The highest BCUT2D eigenvalue weighted by Crippen LogP contribution is 1.93. The van der Waals surface area contributed by atoms with Crippen LogP contribution in [0.3, 0.4) is 0 Å². The Morgan fingerprint density at radius 1 is 1.82 bits per heavy atom. The van der Waals surface area contributed by atoms with Crippen molar-refractivity contribution in [2.75, 3.05) is 6.54 Å². The first kappa shape index (κ1) is 7.78. The Morgan fingerprint density at radius 3 is 3.18 bits per heavy atom. The molecule has 0 aliphatic rings. The fourth-order valence-electron chi connectivity index (χ4n) is 0.856. The molecule has 1 heterocycles. The van der Waals surface area contributed by atoms with Gasteiger partial charge in [-0.25, -0.2) is 0 Å². The third-order valence-corrected chi connectivity index (χ3v) is 1.38. The smallest absolute Gasteiger partial charge is 0.207 e. The van der Waals surface area contributed by atoms with E-state index < -0.39 is 0 Å². The summed E-state index contributed by atoms with van der Waals surface area (Å²) in [5, 5.41) is 6.72. The number of nitrogens with zero attached hydrogens (tertiary/aromatic N) is 2. The third-order valence-electron chi connectivity index (χ3n) is 1.38. The van der Waals surface area contributed by atoms with Gasteiger partial charge in [-0.3, -0.25) is 9.48 Å². The molecule has 0 aromatic carbocycles. The average molecular weight is 153 g/mol. The molecule has 0 aliphatic heterocycles. The Labute approximate surface area is 65.2 Å². The van der Waals surface area contributed by atoms with Crippen molar-refractivity contribution in [2.45, 2.75) is 6.42 Å². The van der Waals surface area contributed by atoms with Gasteiger partial charge in [-0.05, 0) is 6.07 Å². The maximum Gasteiger partial charge on any atom is 0.207 e. The van der Waals surface area contributed by atoms with Crippen molar-refractivity contribution in [1.29, 1.82) is 0 Å². The van der Waals surface area contributed by atoms with E-state index in [1.807, 2.05) is 19.3 Å². The number of rotatable bonds is 4. The Kier molecular flexibility index (Phi) is 2.66. The standard InChI is InChI=1S/C7H11N3O/c1-10-5-3-7(9-10)2-4-8-6-11/h3,5-6H,2,4H2,1H3,(H,8,11). The molecular formula is C7H11N3O. The third kappa shape index (κ3) is 2.41. The van der Waals surface area contributed by atoms with Crippen molar-refractivity contribution < 1.29 is 4.79 Å². The van der Waals surface area contributed by atoms with Crippen LogP contribution in [0.2, 0.25) is 0 Å². The molecule has 1 rings (SSSR count). The lowest BCUT2D eigenvalue weighted by Gasteiger charge is -1.93. The molecule has 11 heavy (non-hydrogen) atoms. The van der Waals surface area contributed by atoms with Gasteiger partial charge in [0, 0.05) is 26.2 Å². The van der Waals surface area contributed by atoms with Gasteiger partial charge in [-0.1, -0.05) is 0 Å². The van der Waals surface area contributed by atoms with Gasteiger partial charge in [0.2, 0.25) is 6.41 Å². The topological polar surface area (TPSA) is 46.9 Å². The number of amides is 1. The zero-order chi connectivity index (χ0) is 8.10. The molecule has 0 saturated carbocycles. The molecule has 0 fully saturated rings. The molecule has 0 spiro atoms. The zero-order valence-corrected chi connectivity index (χ0v) is 6.45. The summed E-state index contributed by atoms with van der Waals surface area (Å²) < 4.78 is 1.75. The monoisotopic (exact) mass is 153 g/mol. The van der Waals surface area contributed by atoms with E-state index in [0.717, 1.165) is 12.1 Å². The molecule has 0 atom stereocenters. The van der Waals surface area contributed by atoms with E-state index in [1.54, 1.807) is 4.68 Å². The molecule has 4 nitrogen and oxygen atoms in total. The van der Waals surface area contributed by atoms with Gasteiger partial charge in [0.25, 0.3) is 0 Å². The summed E-state index contributed by atoms with van der Waals surface area (Å²) in [6, 6.07) is 1.94. The van der Waals surface area contributed by atoms with Crippen molar-refractivity contribution in [3.05, 3.63) is 18.0 Å². The van der Waals surface area contributed by atoms with E-state index in [4.69, 9.17) is 0 Å². The predicted molar refractivity (Wildman–Crippen MR) is 41.0 cm³/mol. The van der Waals surface area contributed by atoms with Gasteiger partial charge < -0.3 is 5.32 Å². The van der Waals surface area contributed by atoms with Crippen molar-refractivity contribution in [2.24, 2.45) is 7.05 Å². The molecule has 1 amide bonds. The number of aryl methyl sites for hydroxylation is 1. The summed E-state index contributed by atoms with van der Waals surface area (Å²) in [4.78, 5) is 9.86. The summed E-state index contributed by atoms with van der Waals surface area (Å²) in [6.07, 6.45) is 3.37. The highest BCUT2D eigenvalue weighted by atomic mass is 16.1. The van der Waals surface area contributed by atoms with E-state index in [9.17, 15) is 4.79 Å². The number of hydrogen-bond acceptors (Lipinski definition) is 2. The molecule has 0 unspecified atom stereocenters. The second-order valence-electron chi connectivity index (χ2n) is 2.30. The molecule has 60 valence electrons. The summed E-state index contributed by atoms with van der Waals surface area (Å²) >= 11 is 0. The second kappa shape index (κ2) is 3.75. The second-order valence-corrected chi connectivity index (χ2v) is 2.30. The Bertz CT molecular complexity index is 231. The van der Waals surface area contributed by atoms with Gasteiger partial charge in [0.15, 0.2) is 0 Å². The average Bonchev–Trinajstić information content (AvgIpc) is 2.37. The minimum Gasteiger partial charge on any atom is -0.358 e. The summed E-state index contributed by atoms with van der Waals surface area (Å²) in [5.41, 5.74) is 1.00. The van der Waals surface area contributed by atoms with E-state index in [2.05, 4.69) is 10.4 Å². The van der Waals surface area contributed by atoms with Gasteiger partial charge in [0.05, 0.1) is 5.69 Å². The number of carbonyl (C=O) groups excluding carboxylic acids is 1. The normalized spacial score (nSPS) is 9.55. The Morgan fingerprint density at radius 2 is 2.64 bits per heavy atom. The van der Waals surface area contributed by atoms with Crippen molar-refractivity contribution in [1.82, 2.24) is 15.1 Å². The Balaban J connectivity index is 2.32. The molecule has 4 heteroatoms. The largest absolute Gasteiger partial charge is 0.358 e. The number of aromatic nitrogens is 2. The molecule has 0 saturated heterocycles. The van der Waals surface area contributed by atoms with Crippen LogP contribution in [-0.2, 0) is 18.3 Å². The number of hydrogen-bond donors (Lipinski definition) is 1. The lowest BCUT2D eigenvalue weighted by Crippen LogP contribution is -2.14. The fraction of sp³-hybridized carbons (Fsp3) is 0.429. The van der Waals surface area contributed by atoms with Crippen LogP contribution in [0.4, 0.5) is 0 Å². The van der Waals surface area contributed by atoms with Crippen molar-refractivity contribution in [3.8, 4) is 0 Å². The minimum absolute atomic E-state index is 0.653. The van der Waals surface area contributed by atoms with Crippen LogP contribution >= 0.6 is 0 Å². The van der Waals surface area contributed by atoms with Gasteiger partial charge in [-0.15, -0.1) is 0 Å². The molecule has 0 aliphatic carbocycles. The summed E-state index contributed by atoms with van der Waals surface area (Å²) in [7, 11) is 1.87. The predicted octanol–water partition coefficient (Wildman–Crippen LogP) is -0.291. The van der Waals surface area contributed by atoms with Crippen LogP contribution < -0.4 is 5.32 Å². The molecular weight excluding hydrogens is 142 g/mol. The summed E-state index contributed by atoms with van der Waals surface area (Å²) in [5.74, 6) is 0. The molecule has 1 aromatic heterocycles. The maximum atomic E-state index is 9.86. The van der Waals surface area contributed by atoms with E-state index in [0.29, 0.717) is 13.0 Å². The molecule has 0 radical (unpaired) electrons. The zero-order valence-electron chi connectivity index (χ0n) is 6.45. The van der Waals surface area contributed by atoms with Crippen LogP contribution in [0, 0.1) is 0 Å². The minimum atomic E-state index is 0.653. The SMILES string of the molecule is Cn1ccc(CCNC=O)n1. The first-order valence-corrected chi connectivity index (χ1v) is 3.48. The van der Waals surface area contributed by atoms with Gasteiger partial charge in [0.1, 0.15) is 0 Å². The van der Waals surface area contributed by atoms with Crippen molar-refractivity contribution >= 4 is 6.41 Å². The molecule has 1 aromatic rings. The van der Waals surface area contributed by atoms with Gasteiger partial charge >= 0.3 is 0 Å². The highest BCUT2D eigenvalue weighted by molar-refractivity contribution is 5.45. The van der Waals surface area contributed by atoms with Crippen LogP contribution in [0.25, 0.3) is 0 Å². The lowest BCUT2D eigenvalue weighted by molar-refractivity contribution is -0.109. The van der Waals surface area contributed by atoms with Crippen LogP contribution in [0.1, 0.15) is 5.69 Å². The number of nitrogens with one attached hydrogen (secondary N) is 1. The van der Waals surface area contributed by atoms with Crippen LogP contribution in [0.15, 0.2) is 12.3 Å². The van der Waals surface area contributed by atoms with E-state index >= 15 is 0 Å². The lowest BCUT2D eigenvalue weighted by atomic mass is 10.3. The molecule has 1 N–H and O–H groups in total. The van der Waals surface area contributed by atoms with Crippen molar-refractivity contribution in [3.63, 3.8) is 0 Å². The summed E-state index contributed by atoms with van der Waals surface area (Å²) in [6.45, 7) is 0.653. The Hall–Kier alpha value is -1.32. The quantitative estimate of drug-likeness (QED) is 0.477. The van der Waals surface area contributed by atoms with Crippen LogP contribution in [-0.4, -0.2) is 22.7 Å². The fourth-order valence-corrected chi connectivity index (χ4v) is 0.856. The van der Waals surface area contributed by atoms with E-state index in [-0.39, 0.29) is 0 Å². The first-order chi connectivity index (χ1) is 5.33. The highest BCUT2D eigenvalue weighted by Gasteiger charge is 1.94. The maximum absolute atomic E-state index is 9.86. The first-order valence-electron chi connectivity index (χ1n) is 3.48.